The molecule has 3 aromatic rings. The van der Waals surface area contributed by atoms with Crippen LogP contribution >= 0.6 is 24.8 Å². The van der Waals surface area contributed by atoms with E-state index in [0.717, 1.165) is 24.4 Å². The maximum atomic E-state index is 12.8. The minimum absolute atomic E-state index is 0. The fourth-order valence-corrected chi connectivity index (χ4v) is 3.48. The third kappa shape index (κ3) is 5.23. The maximum Gasteiger partial charge on any atom is 0.256 e. The van der Waals surface area contributed by atoms with Crippen molar-refractivity contribution in [3.63, 3.8) is 0 Å². The maximum absolute atomic E-state index is 12.8. The van der Waals surface area contributed by atoms with E-state index >= 15 is 0 Å². The number of carbonyl (C=O) groups is 1. The summed E-state index contributed by atoms with van der Waals surface area (Å²) in [6.45, 7) is 1.89. The molecule has 3 heterocycles. The Hall–Kier alpha value is -2.32. The van der Waals surface area contributed by atoms with E-state index in [1.165, 1.54) is 0 Å². The van der Waals surface area contributed by atoms with Gasteiger partial charge in [-0.1, -0.05) is 12.1 Å². The van der Waals surface area contributed by atoms with Crippen LogP contribution in [0.25, 0.3) is 5.65 Å². The first-order valence-corrected chi connectivity index (χ1v) is 9.41. The molecule has 0 saturated carbocycles. The lowest BCUT2D eigenvalue weighted by Gasteiger charge is -2.34. The number of pyridine rings is 1. The lowest BCUT2D eigenvalue weighted by Crippen LogP contribution is -2.51. The van der Waals surface area contributed by atoms with Gasteiger partial charge in [-0.3, -0.25) is 4.79 Å². The number of imidazole rings is 1. The lowest BCUT2D eigenvalue weighted by molar-refractivity contribution is -0.140. The van der Waals surface area contributed by atoms with Crippen molar-refractivity contribution in [3.8, 4) is 5.75 Å². The quantitative estimate of drug-likeness (QED) is 0.598. The molecular formula is C21H26Cl2N4O3. The molecule has 0 aliphatic carbocycles. The molecule has 0 atom stereocenters. The van der Waals surface area contributed by atoms with Crippen molar-refractivity contribution in [3.05, 3.63) is 60.6 Å². The van der Waals surface area contributed by atoms with Crippen LogP contribution in [-0.4, -0.2) is 41.1 Å². The molecule has 1 amide bonds. The summed E-state index contributed by atoms with van der Waals surface area (Å²) in [6, 6.07) is 13.2. The Labute approximate surface area is 188 Å². The van der Waals surface area contributed by atoms with Crippen molar-refractivity contribution in [1.82, 2.24) is 14.7 Å². The first kappa shape index (κ1) is 24.0. The first-order valence-electron chi connectivity index (χ1n) is 9.41. The van der Waals surface area contributed by atoms with E-state index < -0.39 is 5.60 Å². The molecule has 4 rings (SSSR count). The van der Waals surface area contributed by atoms with Gasteiger partial charge in [0.15, 0.2) is 0 Å². The third-order valence-corrected chi connectivity index (χ3v) is 5.11. The molecule has 2 aromatic heterocycles. The number of hydrogen-bond donors (Lipinski definition) is 2. The van der Waals surface area contributed by atoms with Gasteiger partial charge in [0.05, 0.1) is 5.69 Å². The van der Waals surface area contributed by atoms with Gasteiger partial charge in [-0.15, -0.1) is 24.8 Å². The Morgan fingerprint density at radius 1 is 1.20 bits per heavy atom. The summed E-state index contributed by atoms with van der Waals surface area (Å²) in [4.78, 5) is 17.3. The van der Waals surface area contributed by atoms with Crippen LogP contribution in [0.15, 0.2) is 54.9 Å². The average molecular weight is 453 g/mol. The van der Waals surface area contributed by atoms with Crippen LogP contribution in [0.1, 0.15) is 18.5 Å². The summed E-state index contributed by atoms with van der Waals surface area (Å²) in [5, 5.41) is 6.23. The number of methoxy groups -OCH3 is 1. The largest absolute Gasteiger partial charge is 0.487 e. The molecule has 0 unspecified atom stereocenters. The van der Waals surface area contributed by atoms with Crippen LogP contribution in [0.4, 0.5) is 5.69 Å². The molecule has 0 radical (unpaired) electrons. The fourth-order valence-electron chi connectivity index (χ4n) is 3.48. The Balaban J connectivity index is 0.00000160. The van der Waals surface area contributed by atoms with E-state index in [0.29, 0.717) is 30.9 Å². The molecule has 7 nitrogen and oxygen atoms in total. The van der Waals surface area contributed by atoms with Crippen LogP contribution in [0.5, 0.6) is 5.75 Å². The van der Waals surface area contributed by atoms with Crippen LogP contribution in [-0.2, 0) is 16.1 Å². The van der Waals surface area contributed by atoms with Gasteiger partial charge in [0, 0.05) is 31.3 Å². The molecule has 1 aliphatic rings. The number of carbonyl (C=O) groups excluding carboxylic acids is 1. The van der Waals surface area contributed by atoms with Crippen molar-refractivity contribution in [2.75, 3.05) is 25.5 Å². The SMILES string of the molecule is COC1(C(=O)Nc2cccc(OCc3cn4ccccc4n3)c2)CCNCC1.Cl.Cl. The van der Waals surface area contributed by atoms with Crippen molar-refractivity contribution in [2.24, 2.45) is 0 Å². The number of aromatic nitrogens is 2. The predicted octanol–water partition coefficient (Wildman–Crippen LogP) is 3.46. The molecule has 1 aromatic carbocycles. The number of rotatable bonds is 6. The number of ether oxygens (including phenoxy) is 2. The molecule has 162 valence electrons. The van der Waals surface area contributed by atoms with E-state index in [4.69, 9.17) is 9.47 Å². The summed E-state index contributed by atoms with van der Waals surface area (Å²) in [5.74, 6) is 0.556. The summed E-state index contributed by atoms with van der Waals surface area (Å²) in [7, 11) is 1.60. The zero-order valence-corrected chi connectivity index (χ0v) is 18.3. The van der Waals surface area contributed by atoms with E-state index in [9.17, 15) is 4.79 Å². The van der Waals surface area contributed by atoms with E-state index in [-0.39, 0.29) is 30.7 Å². The van der Waals surface area contributed by atoms with Gasteiger partial charge in [0.2, 0.25) is 0 Å². The van der Waals surface area contributed by atoms with Gasteiger partial charge in [0.25, 0.3) is 5.91 Å². The van der Waals surface area contributed by atoms with E-state index in [1.807, 2.05) is 59.3 Å². The van der Waals surface area contributed by atoms with Gasteiger partial charge in [-0.25, -0.2) is 4.98 Å². The molecule has 0 bridgehead atoms. The zero-order valence-electron chi connectivity index (χ0n) is 16.7. The highest BCUT2D eigenvalue weighted by Crippen LogP contribution is 2.26. The zero-order chi connectivity index (χ0) is 19.4. The molecule has 2 N–H and O–H groups in total. The summed E-state index contributed by atoms with van der Waals surface area (Å²) in [6.07, 6.45) is 5.20. The normalized spacial score (nSPS) is 15.0. The van der Waals surface area contributed by atoms with Crippen LogP contribution in [0.3, 0.4) is 0 Å². The standard InChI is InChI=1S/C21H24N4O3.2ClH/c1-27-21(8-10-22-11-9-21)20(26)24-16-5-4-6-18(13-16)28-15-17-14-25-12-3-2-7-19(25)23-17;;/h2-7,12-14,22H,8-11,15H2,1H3,(H,24,26);2*1H. The minimum atomic E-state index is -0.779. The number of piperidine rings is 1. The number of amides is 1. The smallest absolute Gasteiger partial charge is 0.256 e. The highest BCUT2D eigenvalue weighted by molar-refractivity contribution is 5.97. The highest BCUT2D eigenvalue weighted by Gasteiger charge is 2.39. The summed E-state index contributed by atoms with van der Waals surface area (Å²) < 4.78 is 13.4. The Morgan fingerprint density at radius 2 is 2.00 bits per heavy atom. The number of hydrogen-bond acceptors (Lipinski definition) is 5. The van der Waals surface area contributed by atoms with Crippen molar-refractivity contribution < 1.29 is 14.3 Å². The molecule has 1 saturated heterocycles. The van der Waals surface area contributed by atoms with Gasteiger partial charge in [-0.05, 0) is 50.2 Å². The fraction of sp³-hybridized carbons (Fsp3) is 0.333. The molecule has 0 spiro atoms. The van der Waals surface area contributed by atoms with Gasteiger partial charge in [0.1, 0.15) is 23.6 Å². The predicted molar refractivity (Wildman–Crippen MR) is 121 cm³/mol. The van der Waals surface area contributed by atoms with Crippen molar-refractivity contribution in [2.45, 2.75) is 25.0 Å². The molecule has 1 aliphatic heterocycles. The number of fused-ring (bicyclic) bond motifs is 1. The molecule has 30 heavy (non-hydrogen) atoms. The van der Waals surface area contributed by atoms with E-state index in [2.05, 4.69) is 15.6 Å². The van der Waals surface area contributed by atoms with Crippen LogP contribution < -0.4 is 15.4 Å². The topological polar surface area (TPSA) is 76.9 Å². The second-order valence-electron chi connectivity index (χ2n) is 6.92. The minimum Gasteiger partial charge on any atom is -0.487 e. The number of halogens is 2. The highest BCUT2D eigenvalue weighted by atomic mass is 35.5. The molecular weight excluding hydrogens is 427 g/mol. The summed E-state index contributed by atoms with van der Waals surface area (Å²) in [5.41, 5.74) is 1.63. The van der Waals surface area contributed by atoms with Gasteiger partial charge in [-0.2, -0.15) is 0 Å². The molecule has 9 heteroatoms. The Morgan fingerprint density at radius 3 is 2.73 bits per heavy atom. The first-order chi connectivity index (χ1) is 13.7. The summed E-state index contributed by atoms with van der Waals surface area (Å²) >= 11 is 0. The number of benzene rings is 1. The van der Waals surface area contributed by atoms with Crippen molar-refractivity contribution in [1.29, 1.82) is 0 Å². The Kier molecular flexibility index (Phi) is 8.49. The second kappa shape index (κ2) is 10.6. The van der Waals surface area contributed by atoms with E-state index in [1.54, 1.807) is 7.11 Å². The number of nitrogens with zero attached hydrogens (tertiary/aromatic N) is 2. The number of anilines is 1. The van der Waals surface area contributed by atoms with Gasteiger partial charge < -0.3 is 24.5 Å². The monoisotopic (exact) mass is 452 g/mol. The Bertz CT molecular complexity index is 941. The van der Waals surface area contributed by atoms with Crippen molar-refractivity contribution >= 4 is 42.1 Å². The van der Waals surface area contributed by atoms with Gasteiger partial charge >= 0.3 is 0 Å². The second-order valence-corrected chi connectivity index (χ2v) is 6.92. The van der Waals surface area contributed by atoms with Crippen LogP contribution in [0, 0.1) is 0 Å². The lowest BCUT2D eigenvalue weighted by atomic mass is 9.91. The number of nitrogens with one attached hydrogen (secondary N) is 2. The average Bonchev–Trinajstić information content (AvgIpc) is 3.16. The van der Waals surface area contributed by atoms with Crippen LogP contribution in [0.2, 0.25) is 0 Å². The molecule has 1 fully saturated rings. The third-order valence-electron chi connectivity index (χ3n) is 5.11.